The second-order valence-electron chi connectivity index (χ2n) is 10.9. The summed E-state index contributed by atoms with van der Waals surface area (Å²) in [5.74, 6) is -0.857. The summed E-state index contributed by atoms with van der Waals surface area (Å²) in [6.07, 6.45) is 5.02. The molecule has 3 aromatic rings. The summed E-state index contributed by atoms with van der Waals surface area (Å²) < 4.78 is 48.0. The van der Waals surface area contributed by atoms with Crippen LogP contribution in [0.4, 0.5) is 10.1 Å². The van der Waals surface area contributed by atoms with E-state index in [0.29, 0.717) is 12.4 Å². The topological polar surface area (TPSA) is 96.0 Å². The van der Waals surface area contributed by atoms with Crippen LogP contribution in [0.1, 0.15) is 57.1 Å². The van der Waals surface area contributed by atoms with Crippen molar-refractivity contribution in [3.8, 4) is 5.75 Å². The van der Waals surface area contributed by atoms with Crippen molar-refractivity contribution < 1.29 is 27.1 Å². The first-order valence-electron chi connectivity index (χ1n) is 14.7. The van der Waals surface area contributed by atoms with Crippen LogP contribution in [0.2, 0.25) is 0 Å². The lowest BCUT2D eigenvalue weighted by Gasteiger charge is -2.33. The van der Waals surface area contributed by atoms with E-state index in [1.807, 2.05) is 38.1 Å². The normalized spacial score (nSPS) is 14.5. The Balaban J connectivity index is 1.68. The number of benzene rings is 3. The zero-order chi connectivity index (χ0) is 31.0. The Morgan fingerprint density at radius 1 is 1.00 bits per heavy atom. The van der Waals surface area contributed by atoms with Gasteiger partial charge in [0.2, 0.25) is 11.8 Å². The van der Waals surface area contributed by atoms with E-state index in [-0.39, 0.29) is 29.1 Å². The first kappa shape index (κ1) is 32.0. The van der Waals surface area contributed by atoms with Crippen molar-refractivity contribution in [1.82, 2.24) is 10.2 Å². The summed E-state index contributed by atoms with van der Waals surface area (Å²) in [5.41, 5.74) is 2.05. The van der Waals surface area contributed by atoms with Crippen molar-refractivity contribution in [3.05, 3.63) is 89.7 Å². The molecular weight excluding hydrogens is 569 g/mol. The van der Waals surface area contributed by atoms with Crippen LogP contribution in [0.15, 0.2) is 77.7 Å². The molecule has 1 fully saturated rings. The number of sulfonamides is 1. The third kappa shape index (κ3) is 8.34. The van der Waals surface area contributed by atoms with Gasteiger partial charge >= 0.3 is 0 Å². The number of rotatable bonds is 12. The first-order chi connectivity index (χ1) is 20.6. The maximum Gasteiger partial charge on any atom is 0.264 e. The number of nitrogens with zero attached hydrogens (tertiary/aromatic N) is 2. The minimum Gasteiger partial charge on any atom is -0.494 e. The lowest BCUT2D eigenvalue weighted by Crippen LogP contribution is -2.53. The summed E-state index contributed by atoms with van der Waals surface area (Å²) in [5, 5.41) is 3.10. The van der Waals surface area contributed by atoms with Crippen LogP contribution in [0.5, 0.6) is 5.75 Å². The molecule has 0 saturated heterocycles. The van der Waals surface area contributed by atoms with Crippen molar-refractivity contribution in [2.24, 2.45) is 0 Å². The molecule has 3 aromatic carbocycles. The number of carbonyl (C=O) groups excluding carboxylic acids is 2. The summed E-state index contributed by atoms with van der Waals surface area (Å²) in [7, 11) is -4.30. The number of ether oxygens (including phenoxy) is 1. The van der Waals surface area contributed by atoms with E-state index in [9.17, 15) is 22.4 Å². The highest BCUT2D eigenvalue weighted by atomic mass is 32.2. The molecule has 230 valence electrons. The average Bonchev–Trinajstić information content (AvgIpc) is 2.99. The van der Waals surface area contributed by atoms with Crippen LogP contribution in [0, 0.1) is 12.7 Å². The average molecular weight is 610 g/mol. The van der Waals surface area contributed by atoms with Crippen molar-refractivity contribution in [3.63, 3.8) is 0 Å². The van der Waals surface area contributed by atoms with Gasteiger partial charge in [0.15, 0.2) is 0 Å². The molecule has 0 heterocycles. The second kappa shape index (κ2) is 14.5. The lowest BCUT2D eigenvalue weighted by molar-refractivity contribution is -0.139. The first-order valence-corrected chi connectivity index (χ1v) is 16.2. The van der Waals surface area contributed by atoms with Crippen molar-refractivity contribution in [2.45, 2.75) is 76.4 Å². The van der Waals surface area contributed by atoms with Gasteiger partial charge in [0.1, 0.15) is 24.2 Å². The molecule has 1 saturated carbocycles. The number of hydrogen-bond acceptors (Lipinski definition) is 5. The van der Waals surface area contributed by atoms with Crippen LogP contribution in [0.25, 0.3) is 0 Å². The van der Waals surface area contributed by atoms with Gasteiger partial charge in [-0.1, -0.05) is 49.1 Å². The maximum absolute atomic E-state index is 14.1. The third-order valence-corrected chi connectivity index (χ3v) is 9.46. The van der Waals surface area contributed by atoms with Gasteiger partial charge in [-0.3, -0.25) is 13.9 Å². The van der Waals surface area contributed by atoms with Gasteiger partial charge in [0, 0.05) is 12.6 Å². The molecule has 2 amide bonds. The Hall–Kier alpha value is -3.92. The van der Waals surface area contributed by atoms with Gasteiger partial charge in [-0.15, -0.1) is 0 Å². The highest BCUT2D eigenvalue weighted by Crippen LogP contribution is 2.27. The van der Waals surface area contributed by atoms with Crippen molar-refractivity contribution >= 4 is 27.5 Å². The Morgan fingerprint density at radius 2 is 1.67 bits per heavy atom. The minimum atomic E-state index is -4.30. The molecule has 1 unspecified atom stereocenters. The quantitative estimate of drug-likeness (QED) is 0.289. The summed E-state index contributed by atoms with van der Waals surface area (Å²) in [4.78, 5) is 28.8. The molecule has 8 nitrogen and oxygen atoms in total. The Kier molecular flexibility index (Phi) is 10.8. The van der Waals surface area contributed by atoms with Crippen LogP contribution in [-0.4, -0.2) is 50.4 Å². The number of nitrogens with one attached hydrogen (secondary N) is 1. The molecule has 0 radical (unpaired) electrons. The molecule has 43 heavy (non-hydrogen) atoms. The smallest absolute Gasteiger partial charge is 0.264 e. The minimum absolute atomic E-state index is 0.0545. The Morgan fingerprint density at radius 3 is 2.30 bits per heavy atom. The number of amides is 2. The number of anilines is 1. The summed E-state index contributed by atoms with van der Waals surface area (Å²) >= 11 is 0. The van der Waals surface area contributed by atoms with Gasteiger partial charge in [-0.2, -0.15) is 0 Å². The predicted octanol–water partition coefficient (Wildman–Crippen LogP) is 5.59. The van der Waals surface area contributed by atoms with E-state index in [1.54, 1.807) is 31.2 Å². The van der Waals surface area contributed by atoms with Crippen molar-refractivity contribution in [1.29, 1.82) is 0 Å². The molecule has 1 N–H and O–H groups in total. The fourth-order valence-corrected chi connectivity index (χ4v) is 6.71. The summed E-state index contributed by atoms with van der Waals surface area (Å²) in [6.45, 7) is 5.43. The molecule has 1 aliphatic rings. The van der Waals surface area contributed by atoms with Gasteiger partial charge in [-0.25, -0.2) is 12.8 Å². The van der Waals surface area contributed by atoms with Crippen LogP contribution >= 0.6 is 0 Å². The fraction of sp³-hybridized carbons (Fsp3) is 0.394. The predicted molar refractivity (Wildman–Crippen MR) is 165 cm³/mol. The summed E-state index contributed by atoms with van der Waals surface area (Å²) in [6, 6.07) is 17.7. The van der Waals surface area contributed by atoms with E-state index < -0.39 is 34.3 Å². The number of hydrogen-bond donors (Lipinski definition) is 1. The SMILES string of the molecule is CCOc1ccc(N(CC(=O)N(Cc2cccc(C)c2)C(C)C(=O)NC2CCCCC2)S(=O)(=O)c2ccc(F)cc2)cc1. The fourth-order valence-electron chi connectivity index (χ4n) is 5.30. The standard InChI is InChI=1S/C33H40FN3O5S/c1-4-42-30-17-15-29(16-18-30)37(43(40,41)31-19-13-27(34)14-20-31)23-32(38)36(22-26-10-8-9-24(2)21-26)25(3)33(39)35-28-11-6-5-7-12-28/h8-10,13-21,25,28H,4-7,11-12,22-23H2,1-3H3,(H,35,39). The highest BCUT2D eigenvalue weighted by molar-refractivity contribution is 7.92. The van der Waals surface area contributed by atoms with E-state index >= 15 is 0 Å². The van der Waals surface area contributed by atoms with E-state index in [0.717, 1.165) is 59.7 Å². The Bertz CT molecular complexity index is 1490. The van der Waals surface area contributed by atoms with E-state index in [2.05, 4.69) is 5.32 Å². The molecule has 0 aromatic heterocycles. The van der Waals surface area contributed by atoms with Crippen LogP contribution in [0.3, 0.4) is 0 Å². The van der Waals surface area contributed by atoms with Gasteiger partial charge in [0.25, 0.3) is 10.0 Å². The van der Waals surface area contributed by atoms with Gasteiger partial charge < -0.3 is 15.0 Å². The van der Waals surface area contributed by atoms with Crippen LogP contribution < -0.4 is 14.4 Å². The molecule has 0 bridgehead atoms. The molecule has 0 spiro atoms. The molecular formula is C33H40FN3O5S. The maximum atomic E-state index is 14.1. The van der Waals surface area contributed by atoms with Crippen molar-refractivity contribution in [2.75, 3.05) is 17.5 Å². The molecule has 1 atom stereocenters. The highest BCUT2D eigenvalue weighted by Gasteiger charge is 2.33. The molecule has 4 rings (SSSR count). The largest absolute Gasteiger partial charge is 0.494 e. The number of carbonyl (C=O) groups is 2. The molecule has 1 aliphatic carbocycles. The third-order valence-electron chi connectivity index (χ3n) is 7.67. The number of halogens is 1. The zero-order valence-corrected chi connectivity index (χ0v) is 25.8. The lowest BCUT2D eigenvalue weighted by atomic mass is 9.95. The van der Waals surface area contributed by atoms with Gasteiger partial charge in [-0.05, 0) is 87.7 Å². The number of aryl methyl sites for hydroxylation is 1. The monoisotopic (exact) mass is 609 g/mol. The van der Waals surface area contributed by atoms with Gasteiger partial charge in [0.05, 0.1) is 17.2 Å². The molecule has 0 aliphatic heterocycles. The Labute approximate surface area is 253 Å². The zero-order valence-electron chi connectivity index (χ0n) is 25.0. The van der Waals surface area contributed by atoms with Crippen LogP contribution in [-0.2, 0) is 26.2 Å². The molecule has 10 heteroatoms. The van der Waals surface area contributed by atoms with E-state index in [1.165, 1.54) is 17.0 Å². The second-order valence-corrected chi connectivity index (χ2v) is 12.8. The van der Waals surface area contributed by atoms with E-state index in [4.69, 9.17) is 4.74 Å².